The maximum atomic E-state index is 12.4. The van der Waals surface area contributed by atoms with Crippen LogP contribution in [0.2, 0.25) is 0 Å². The van der Waals surface area contributed by atoms with Crippen molar-refractivity contribution in [2.24, 2.45) is 0 Å². The molecule has 2 aromatic rings. The first-order chi connectivity index (χ1) is 11.4. The van der Waals surface area contributed by atoms with Crippen LogP contribution in [0.4, 0.5) is 5.69 Å². The number of methoxy groups -OCH3 is 1. The fourth-order valence-electron chi connectivity index (χ4n) is 2.27. The van der Waals surface area contributed by atoms with Crippen molar-refractivity contribution < 1.29 is 17.9 Å². The third kappa shape index (κ3) is 5.07. The molecule has 2 N–H and O–H groups in total. The second-order valence-corrected chi connectivity index (χ2v) is 7.05. The van der Waals surface area contributed by atoms with Crippen molar-refractivity contribution >= 4 is 21.6 Å². The molecule has 0 spiro atoms. The molecule has 2 aromatic carbocycles. The molecule has 0 fully saturated rings. The molecule has 0 aliphatic carbocycles. The summed E-state index contributed by atoms with van der Waals surface area (Å²) in [6.45, 7) is 0.782. The smallest absolute Gasteiger partial charge is 0.253 e. The number of para-hydroxylation sites is 1. The van der Waals surface area contributed by atoms with Gasteiger partial charge in [-0.3, -0.25) is 9.52 Å². The first-order valence-electron chi connectivity index (χ1n) is 7.31. The molecule has 0 aromatic heterocycles. The van der Waals surface area contributed by atoms with Gasteiger partial charge in [0.05, 0.1) is 24.1 Å². The minimum absolute atomic E-state index is 0.252. The third-order valence-corrected chi connectivity index (χ3v) is 3.92. The maximum Gasteiger partial charge on any atom is 0.253 e. The van der Waals surface area contributed by atoms with Crippen molar-refractivity contribution in [3.8, 4) is 0 Å². The molecule has 0 radical (unpaired) electrons. The summed E-state index contributed by atoms with van der Waals surface area (Å²) in [6, 6.07) is 14.1. The van der Waals surface area contributed by atoms with E-state index in [1.54, 1.807) is 31.4 Å². The molecule has 0 aliphatic rings. The Kier molecular flexibility index (Phi) is 5.94. The van der Waals surface area contributed by atoms with Gasteiger partial charge in [0.1, 0.15) is 0 Å². The first kappa shape index (κ1) is 18.0. The number of amides is 1. The summed E-state index contributed by atoms with van der Waals surface area (Å²) < 4.78 is 30.3. The van der Waals surface area contributed by atoms with Crippen molar-refractivity contribution in [3.63, 3.8) is 0 Å². The molecule has 1 amide bonds. The number of rotatable bonds is 7. The van der Waals surface area contributed by atoms with Crippen molar-refractivity contribution in [2.45, 2.75) is 13.2 Å². The van der Waals surface area contributed by atoms with Gasteiger partial charge >= 0.3 is 0 Å². The van der Waals surface area contributed by atoms with Crippen LogP contribution >= 0.6 is 0 Å². The first-order valence-corrected chi connectivity index (χ1v) is 9.20. The molecule has 24 heavy (non-hydrogen) atoms. The molecular weight excluding hydrogens is 328 g/mol. The standard InChI is InChI=1S/C17H20N2O4S/c1-23-12-14-8-4-3-7-13(14)11-18-17(20)15-9-5-6-10-16(15)19-24(2,21)22/h3-10,19H,11-12H2,1-2H3,(H,18,20). The second kappa shape index (κ2) is 7.94. The lowest BCUT2D eigenvalue weighted by molar-refractivity contribution is 0.0951. The molecule has 0 heterocycles. The number of hydrogen-bond acceptors (Lipinski definition) is 4. The summed E-state index contributed by atoms with van der Waals surface area (Å²) in [7, 11) is -1.85. The van der Waals surface area contributed by atoms with E-state index in [0.717, 1.165) is 17.4 Å². The van der Waals surface area contributed by atoms with Crippen molar-refractivity contribution in [1.82, 2.24) is 5.32 Å². The monoisotopic (exact) mass is 348 g/mol. The number of carbonyl (C=O) groups is 1. The molecule has 6 nitrogen and oxygen atoms in total. The van der Waals surface area contributed by atoms with Gasteiger partial charge in [0, 0.05) is 13.7 Å². The summed E-state index contributed by atoms with van der Waals surface area (Å²) in [5.74, 6) is -0.353. The van der Waals surface area contributed by atoms with Crippen LogP contribution in [0.1, 0.15) is 21.5 Å². The van der Waals surface area contributed by atoms with Crippen molar-refractivity contribution in [3.05, 3.63) is 65.2 Å². The average molecular weight is 348 g/mol. The van der Waals surface area contributed by atoms with Crippen molar-refractivity contribution in [2.75, 3.05) is 18.1 Å². The zero-order valence-corrected chi connectivity index (χ0v) is 14.4. The van der Waals surface area contributed by atoms with E-state index in [1.165, 1.54) is 0 Å². The lowest BCUT2D eigenvalue weighted by atomic mass is 10.1. The maximum absolute atomic E-state index is 12.4. The highest BCUT2D eigenvalue weighted by Crippen LogP contribution is 2.17. The highest BCUT2D eigenvalue weighted by Gasteiger charge is 2.14. The topological polar surface area (TPSA) is 84.5 Å². The molecule has 0 unspecified atom stereocenters. The quantitative estimate of drug-likeness (QED) is 0.803. The lowest BCUT2D eigenvalue weighted by Gasteiger charge is -2.13. The van der Waals surface area contributed by atoms with Gasteiger partial charge in [0.25, 0.3) is 5.91 Å². The van der Waals surface area contributed by atoms with Crippen LogP contribution in [0.5, 0.6) is 0 Å². The Bertz CT molecular complexity index is 819. The molecule has 0 atom stereocenters. The van der Waals surface area contributed by atoms with Crippen LogP contribution in [-0.2, 0) is 27.9 Å². The van der Waals surface area contributed by atoms with Gasteiger partial charge in [-0.1, -0.05) is 36.4 Å². The SMILES string of the molecule is COCc1ccccc1CNC(=O)c1ccccc1NS(C)(=O)=O. The van der Waals surface area contributed by atoms with E-state index in [1.807, 2.05) is 24.3 Å². The number of anilines is 1. The fraction of sp³-hybridized carbons (Fsp3) is 0.235. The summed E-state index contributed by atoms with van der Waals surface area (Å²) in [6.07, 6.45) is 1.04. The summed E-state index contributed by atoms with van der Waals surface area (Å²) in [5, 5.41) is 2.81. The van der Waals surface area contributed by atoms with Gasteiger partial charge in [-0.25, -0.2) is 8.42 Å². The largest absolute Gasteiger partial charge is 0.380 e. The Labute approximate surface area is 141 Å². The van der Waals surface area contributed by atoms with Crippen LogP contribution in [0.3, 0.4) is 0 Å². The third-order valence-electron chi connectivity index (χ3n) is 3.32. The van der Waals surface area contributed by atoms with Gasteiger partial charge in [-0.15, -0.1) is 0 Å². The number of ether oxygens (including phenoxy) is 1. The van der Waals surface area contributed by atoms with E-state index in [9.17, 15) is 13.2 Å². The van der Waals surface area contributed by atoms with Crippen LogP contribution in [0.25, 0.3) is 0 Å². The predicted octanol–water partition coefficient (Wildman–Crippen LogP) is 2.13. The number of hydrogen-bond donors (Lipinski definition) is 2. The van der Waals surface area contributed by atoms with E-state index in [-0.39, 0.29) is 17.2 Å². The molecule has 2 rings (SSSR count). The molecule has 0 saturated carbocycles. The number of sulfonamides is 1. The number of carbonyl (C=O) groups excluding carboxylic acids is 1. The van der Waals surface area contributed by atoms with E-state index in [2.05, 4.69) is 10.0 Å². The highest BCUT2D eigenvalue weighted by molar-refractivity contribution is 7.92. The highest BCUT2D eigenvalue weighted by atomic mass is 32.2. The Morgan fingerprint density at radius 1 is 1.04 bits per heavy atom. The van der Waals surface area contributed by atoms with E-state index in [0.29, 0.717) is 13.2 Å². The summed E-state index contributed by atoms with van der Waals surface area (Å²) in [4.78, 5) is 12.4. The molecule has 128 valence electrons. The van der Waals surface area contributed by atoms with Crippen LogP contribution < -0.4 is 10.0 Å². The van der Waals surface area contributed by atoms with Crippen molar-refractivity contribution in [1.29, 1.82) is 0 Å². The second-order valence-electron chi connectivity index (χ2n) is 5.30. The number of nitrogens with one attached hydrogen (secondary N) is 2. The lowest BCUT2D eigenvalue weighted by Crippen LogP contribution is -2.25. The Balaban J connectivity index is 2.14. The van der Waals surface area contributed by atoms with Gasteiger partial charge in [-0.05, 0) is 23.3 Å². The van der Waals surface area contributed by atoms with Gasteiger partial charge < -0.3 is 10.1 Å². The molecule has 7 heteroatoms. The fourth-order valence-corrected chi connectivity index (χ4v) is 2.84. The van der Waals surface area contributed by atoms with Gasteiger partial charge in [-0.2, -0.15) is 0 Å². The van der Waals surface area contributed by atoms with Crippen LogP contribution in [0, 0.1) is 0 Å². The minimum Gasteiger partial charge on any atom is -0.380 e. The van der Waals surface area contributed by atoms with Crippen LogP contribution in [-0.4, -0.2) is 27.7 Å². The summed E-state index contributed by atoms with van der Waals surface area (Å²) >= 11 is 0. The van der Waals surface area contributed by atoms with Gasteiger partial charge in [0.2, 0.25) is 10.0 Å². The predicted molar refractivity (Wildman–Crippen MR) is 93.2 cm³/mol. The Hall–Kier alpha value is -2.38. The Morgan fingerprint density at radius 3 is 2.33 bits per heavy atom. The molecular formula is C17H20N2O4S. The normalized spacial score (nSPS) is 11.1. The van der Waals surface area contributed by atoms with E-state index >= 15 is 0 Å². The summed E-state index contributed by atoms with van der Waals surface area (Å²) in [5.41, 5.74) is 2.46. The Morgan fingerprint density at radius 2 is 1.67 bits per heavy atom. The average Bonchev–Trinajstić information content (AvgIpc) is 2.53. The van der Waals surface area contributed by atoms with Gasteiger partial charge in [0.15, 0.2) is 0 Å². The van der Waals surface area contributed by atoms with E-state index < -0.39 is 10.0 Å². The zero-order chi connectivity index (χ0) is 17.6. The number of benzene rings is 2. The van der Waals surface area contributed by atoms with E-state index in [4.69, 9.17) is 4.74 Å². The van der Waals surface area contributed by atoms with Crippen LogP contribution in [0.15, 0.2) is 48.5 Å². The zero-order valence-electron chi connectivity index (χ0n) is 13.6. The molecule has 0 aliphatic heterocycles. The minimum atomic E-state index is -3.46. The molecule has 0 bridgehead atoms. The molecule has 0 saturated heterocycles.